The second-order valence-electron chi connectivity index (χ2n) is 3.49. The summed E-state index contributed by atoms with van der Waals surface area (Å²) in [7, 11) is 0. The summed E-state index contributed by atoms with van der Waals surface area (Å²) in [6.07, 6.45) is 1.08. The Hall–Kier alpha value is -0.570. The Morgan fingerprint density at radius 3 is 2.62 bits per heavy atom. The van der Waals surface area contributed by atoms with E-state index in [2.05, 4.69) is 31.2 Å². The number of hydrazine groups is 1. The van der Waals surface area contributed by atoms with Crippen LogP contribution in [-0.2, 0) is 13.0 Å². The molecule has 0 saturated heterocycles. The van der Waals surface area contributed by atoms with Crippen LogP contribution in [0.3, 0.4) is 0 Å². The van der Waals surface area contributed by atoms with Crippen LogP contribution in [0.15, 0.2) is 24.3 Å². The topological polar surface area (TPSA) is 29.3 Å². The third-order valence-electron chi connectivity index (χ3n) is 2.55. The average Bonchev–Trinajstić information content (AvgIpc) is 2.07. The van der Waals surface area contributed by atoms with Crippen LogP contribution < -0.4 is 5.84 Å². The monoisotopic (exact) mass is 198 g/mol. The number of benzene rings is 1. The fraction of sp³-hybridized carbons (Fsp3) is 0.400. The van der Waals surface area contributed by atoms with Crippen molar-refractivity contribution in [2.24, 2.45) is 5.84 Å². The molecular formula is C10H15ClN2. The molecular weight excluding hydrogens is 184 g/mol. The number of rotatable bonds is 0. The minimum atomic E-state index is 0. The van der Waals surface area contributed by atoms with Crippen molar-refractivity contribution in [1.82, 2.24) is 5.01 Å². The summed E-state index contributed by atoms with van der Waals surface area (Å²) in [5, 5.41) is 1.91. The van der Waals surface area contributed by atoms with E-state index in [-0.39, 0.29) is 12.4 Å². The minimum Gasteiger partial charge on any atom is -0.268 e. The summed E-state index contributed by atoms with van der Waals surface area (Å²) in [5.41, 5.74) is 2.82. The van der Waals surface area contributed by atoms with Crippen LogP contribution in [0.1, 0.15) is 18.1 Å². The van der Waals surface area contributed by atoms with Gasteiger partial charge in [0.15, 0.2) is 0 Å². The van der Waals surface area contributed by atoms with E-state index in [1.165, 1.54) is 11.1 Å². The zero-order valence-electron chi connectivity index (χ0n) is 7.73. The number of fused-ring (bicyclic) bond motifs is 1. The highest BCUT2D eigenvalue weighted by Crippen LogP contribution is 2.19. The van der Waals surface area contributed by atoms with Gasteiger partial charge in [-0.15, -0.1) is 12.4 Å². The summed E-state index contributed by atoms with van der Waals surface area (Å²) in [6, 6.07) is 8.99. The molecule has 0 radical (unpaired) electrons. The van der Waals surface area contributed by atoms with Gasteiger partial charge in [-0.3, -0.25) is 5.84 Å². The Morgan fingerprint density at radius 2 is 1.92 bits per heavy atom. The van der Waals surface area contributed by atoms with Crippen molar-refractivity contribution in [1.29, 1.82) is 0 Å². The van der Waals surface area contributed by atoms with Gasteiger partial charge in [0.2, 0.25) is 0 Å². The van der Waals surface area contributed by atoms with E-state index >= 15 is 0 Å². The standard InChI is InChI=1S/C10H14N2.ClH/c1-8-6-9-4-2-3-5-10(9)7-12(8)11;/h2-5,8H,6-7,11H2,1H3;1H. The van der Waals surface area contributed by atoms with Crippen molar-refractivity contribution < 1.29 is 0 Å². The van der Waals surface area contributed by atoms with E-state index in [1.807, 2.05) is 5.01 Å². The molecule has 1 aliphatic rings. The third-order valence-corrected chi connectivity index (χ3v) is 2.55. The molecule has 13 heavy (non-hydrogen) atoms. The molecule has 2 rings (SSSR count). The molecule has 72 valence electrons. The average molecular weight is 199 g/mol. The van der Waals surface area contributed by atoms with Gasteiger partial charge in [-0.25, -0.2) is 5.01 Å². The van der Waals surface area contributed by atoms with E-state index in [0.717, 1.165) is 13.0 Å². The summed E-state index contributed by atoms with van der Waals surface area (Å²) in [5.74, 6) is 5.83. The maximum Gasteiger partial charge on any atom is 0.0385 e. The van der Waals surface area contributed by atoms with E-state index in [0.29, 0.717) is 6.04 Å². The molecule has 2 N–H and O–H groups in total. The number of hydrogen-bond donors (Lipinski definition) is 1. The maximum atomic E-state index is 5.83. The Morgan fingerprint density at radius 1 is 1.31 bits per heavy atom. The van der Waals surface area contributed by atoms with Crippen molar-refractivity contribution in [3.63, 3.8) is 0 Å². The Balaban J connectivity index is 0.000000845. The number of nitrogens with zero attached hydrogens (tertiary/aromatic N) is 1. The second-order valence-corrected chi connectivity index (χ2v) is 3.49. The smallest absolute Gasteiger partial charge is 0.0385 e. The largest absolute Gasteiger partial charge is 0.268 e. The van der Waals surface area contributed by atoms with Crippen LogP contribution in [0.2, 0.25) is 0 Å². The van der Waals surface area contributed by atoms with Crippen LogP contribution in [0.5, 0.6) is 0 Å². The molecule has 0 spiro atoms. The maximum absolute atomic E-state index is 5.83. The Labute approximate surface area is 85.1 Å². The second kappa shape index (κ2) is 4.09. The van der Waals surface area contributed by atoms with Gasteiger partial charge in [0.1, 0.15) is 0 Å². The third kappa shape index (κ3) is 2.02. The van der Waals surface area contributed by atoms with Crippen LogP contribution in [-0.4, -0.2) is 11.1 Å². The summed E-state index contributed by atoms with van der Waals surface area (Å²) in [4.78, 5) is 0. The van der Waals surface area contributed by atoms with E-state index < -0.39 is 0 Å². The fourth-order valence-electron chi connectivity index (χ4n) is 1.70. The van der Waals surface area contributed by atoms with Crippen molar-refractivity contribution in [3.8, 4) is 0 Å². The molecule has 3 heteroatoms. The van der Waals surface area contributed by atoms with Gasteiger partial charge in [-0.2, -0.15) is 0 Å². The van der Waals surface area contributed by atoms with Crippen LogP contribution in [0.4, 0.5) is 0 Å². The molecule has 0 aliphatic carbocycles. The normalized spacial score (nSPS) is 21.8. The Bertz CT molecular complexity index is 259. The molecule has 0 aromatic heterocycles. The van der Waals surface area contributed by atoms with Crippen LogP contribution in [0.25, 0.3) is 0 Å². The van der Waals surface area contributed by atoms with Gasteiger partial charge < -0.3 is 0 Å². The highest BCUT2D eigenvalue weighted by molar-refractivity contribution is 5.85. The summed E-state index contributed by atoms with van der Waals surface area (Å²) >= 11 is 0. The first-order valence-corrected chi connectivity index (χ1v) is 4.35. The number of halogens is 1. The van der Waals surface area contributed by atoms with Gasteiger partial charge in [-0.05, 0) is 24.5 Å². The molecule has 1 unspecified atom stereocenters. The molecule has 0 amide bonds. The number of nitrogens with two attached hydrogens (primary N) is 1. The summed E-state index contributed by atoms with van der Waals surface area (Å²) in [6.45, 7) is 3.05. The molecule has 2 nitrogen and oxygen atoms in total. The first kappa shape index (κ1) is 10.5. The van der Waals surface area contributed by atoms with Gasteiger partial charge in [-0.1, -0.05) is 24.3 Å². The van der Waals surface area contributed by atoms with Crippen molar-refractivity contribution in [3.05, 3.63) is 35.4 Å². The van der Waals surface area contributed by atoms with Gasteiger partial charge >= 0.3 is 0 Å². The molecule has 0 bridgehead atoms. The van der Waals surface area contributed by atoms with Gasteiger partial charge in [0, 0.05) is 12.6 Å². The minimum absolute atomic E-state index is 0. The zero-order valence-corrected chi connectivity index (χ0v) is 8.55. The lowest BCUT2D eigenvalue weighted by molar-refractivity contribution is 0.189. The van der Waals surface area contributed by atoms with Crippen molar-refractivity contribution in [2.75, 3.05) is 0 Å². The molecule has 1 atom stereocenters. The predicted octanol–water partition coefficient (Wildman–Crippen LogP) is 1.73. The zero-order chi connectivity index (χ0) is 8.55. The lowest BCUT2D eigenvalue weighted by Gasteiger charge is -2.30. The highest BCUT2D eigenvalue weighted by Gasteiger charge is 2.18. The van der Waals surface area contributed by atoms with Crippen molar-refractivity contribution >= 4 is 12.4 Å². The van der Waals surface area contributed by atoms with E-state index in [9.17, 15) is 0 Å². The van der Waals surface area contributed by atoms with E-state index in [1.54, 1.807) is 0 Å². The molecule has 1 aromatic rings. The lowest BCUT2D eigenvalue weighted by Crippen LogP contribution is -2.43. The molecule has 1 aromatic carbocycles. The van der Waals surface area contributed by atoms with Gasteiger partial charge in [0.25, 0.3) is 0 Å². The molecule has 0 fully saturated rings. The number of hydrogen-bond acceptors (Lipinski definition) is 2. The van der Waals surface area contributed by atoms with Crippen molar-refractivity contribution in [2.45, 2.75) is 25.9 Å². The summed E-state index contributed by atoms with van der Waals surface area (Å²) < 4.78 is 0. The predicted molar refractivity (Wildman–Crippen MR) is 56.6 cm³/mol. The Kier molecular flexibility index (Phi) is 3.31. The first-order chi connectivity index (χ1) is 5.77. The SMILES string of the molecule is CC1Cc2ccccc2CN1N.Cl. The first-order valence-electron chi connectivity index (χ1n) is 4.35. The molecule has 1 aliphatic heterocycles. The quantitative estimate of drug-likeness (QED) is 0.644. The van der Waals surface area contributed by atoms with Gasteiger partial charge in [0.05, 0.1) is 0 Å². The van der Waals surface area contributed by atoms with Crippen LogP contribution in [0, 0.1) is 0 Å². The van der Waals surface area contributed by atoms with E-state index in [4.69, 9.17) is 5.84 Å². The molecule has 1 heterocycles. The molecule has 0 saturated carbocycles. The fourth-order valence-corrected chi connectivity index (χ4v) is 1.70. The highest BCUT2D eigenvalue weighted by atomic mass is 35.5. The lowest BCUT2D eigenvalue weighted by atomic mass is 9.96. The van der Waals surface area contributed by atoms with Crippen LogP contribution >= 0.6 is 12.4 Å².